The van der Waals surface area contributed by atoms with Crippen LogP contribution in [0, 0.1) is 6.92 Å². The molecule has 0 spiro atoms. The molecule has 1 aliphatic heterocycles. The maximum atomic E-state index is 12.2. The van der Waals surface area contributed by atoms with Crippen LogP contribution in [0.1, 0.15) is 54.6 Å². The van der Waals surface area contributed by atoms with Gasteiger partial charge in [-0.1, -0.05) is 36.4 Å². The number of likely N-dealkylation sites (tertiary alicyclic amines) is 1. The monoisotopic (exact) mass is 501 g/mol. The van der Waals surface area contributed by atoms with E-state index in [0.29, 0.717) is 25.0 Å². The van der Waals surface area contributed by atoms with E-state index < -0.39 is 5.60 Å². The van der Waals surface area contributed by atoms with E-state index in [1.165, 1.54) is 5.56 Å². The number of aryl methyl sites for hydroxylation is 3. The van der Waals surface area contributed by atoms with Crippen LogP contribution < -0.4 is 11.1 Å². The number of nitrogens with two attached hydrogens (primary N) is 1. The zero-order valence-electron chi connectivity index (χ0n) is 22.0. The Morgan fingerprint density at radius 3 is 2.38 bits per heavy atom. The highest BCUT2D eigenvalue weighted by molar-refractivity contribution is 5.77. The van der Waals surface area contributed by atoms with Crippen molar-refractivity contribution in [1.29, 1.82) is 0 Å². The van der Waals surface area contributed by atoms with E-state index in [-0.39, 0.29) is 18.4 Å². The molecule has 0 atom stereocenters. The number of aromatic nitrogens is 2. The van der Waals surface area contributed by atoms with Gasteiger partial charge in [0.05, 0.1) is 6.42 Å². The van der Waals surface area contributed by atoms with Gasteiger partial charge in [-0.25, -0.2) is 14.8 Å². The van der Waals surface area contributed by atoms with E-state index in [4.69, 9.17) is 15.5 Å². The minimum Gasteiger partial charge on any atom is -0.444 e. The lowest BCUT2D eigenvalue weighted by molar-refractivity contribution is -0.117. The third-order valence-electron chi connectivity index (χ3n) is 6.36. The molecule has 3 N–H and O–H groups in total. The van der Waals surface area contributed by atoms with Crippen molar-refractivity contribution in [1.82, 2.24) is 14.9 Å². The molecule has 0 bridgehead atoms. The number of carbonyl (C=O) groups is 2. The van der Waals surface area contributed by atoms with Gasteiger partial charge >= 0.3 is 6.09 Å². The first-order chi connectivity index (χ1) is 17.6. The van der Waals surface area contributed by atoms with Crippen LogP contribution >= 0.6 is 0 Å². The Bertz CT molecular complexity index is 1260. The zero-order valence-corrected chi connectivity index (χ0v) is 22.0. The number of nitrogens with one attached hydrogen (secondary N) is 1. The number of amides is 2. The fourth-order valence-corrected chi connectivity index (χ4v) is 4.34. The maximum Gasteiger partial charge on any atom is 0.410 e. The first-order valence-corrected chi connectivity index (χ1v) is 12.6. The quantitative estimate of drug-likeness (QED) is 0.464. The van der Waals surface area contributed by atoms with Gasteiger partial charge in [0.25, 0.3) is 0 Å². The maximum absolute atomic E-state index is 12.2. The van der Waals surface area contributed by atoms with Crippen molar-refractivity contribution in [2.75, 3.05) is 18.4 Å². The summed E-state index contributed by atoms with van der Waals surface area (Å²) in [5.41, 5.74) is 11.0. The summed E-state index contributed by atoms with van der Waals surface area (Å²) in [6, 6.07) is 16.0. The van der Waals surface area contributed by atoms with E-state index >= 15 is 0 Å². The van der Waals surface area contributed by atoms with Gasteiger partial charge in [-0.3, -0.25) is 4.79 Å². The summed E-state index contributed by atoms with van der Waals surface area (Å²) < 4.78 is 5.44. The van der Waals surface area contributed by atoms with Crippen molar-refractivity contribution in [3.63, 3.8) is 0 Å². The van der Waals surface area contributed by atoms with E-state index in [9.17, 15) is 9.59 Å². The lowest BCUT2D eigenvalue weighted by atomic mass is 9.92. The Hall–Kier alpha value is -3.94. The normalized spacial score (nSPS) is 13.7. The first-order valence-electron chi connectivity index (χ1n) is 12.6. The molecule has 1 aliphatic rings. The highest BCUT2D eigenvalue weighted by Gasteiger charge is 2.34. The number of carbonyl (C=O) groups excluding carboxylic acids is 2. The molecule has 37 heavy (non-hydrogen) atoms. The van der Waals surface area contributed by atoms with Crippen LogP contribution in [0.25, 0.3) is 0 Å². The molecule has 1 aromatic heterocycles. The molecule has 2 heterocycles. The number of primary amides is 1. The van der Waals surface area contributed by atoms with E-state index in [2.05, 4.69) is 22.4 Å². The predicted molar refractivity (Wildman–Crippen MR) is 144 cm³/mol. The van der Waals surface area contributed by atoms with Gasteiger partial charge in [-0.05, 0) is 74.9 Å². The highest BCUT2D eigenvalue weighted by Crippen LogP contribution is 2.29. The van der Waals surface area contributed by atoms with E-state index in [1.807, 2.05) is 70.3 Å². The minimum absolute atomic E-state index is 0.238. The fourth-order valence-electron chi connectivity index (χ4n) is 4.34. The molecule has 0 unspecified atom stereocenters. The summed E-state index contributed by atoms with van der Waals surface area (Å²) in [6.07, 6.45) is 3.30. The van der Waals surface area contributed by atoms with E-state index in [0.717, 1.165) is 40.9 Å². The van der Waals surface area contributed by atoms with Crippen molar-refractivity contribution in [2.45, 2.75) is 58.5 Å². The second-order valence-electron chi connectivity index (χ2n) is 10.6. The molecule has 194 valence electrons. The zero-order chi connectivity index (χ0) is 26.6. The molecule has 2 amide bonds. The Kier molecular flexibility index (Phi) is 7.76. The Morgan fingerprint density at radius 2 is 1.73 bits per heavy atom. The highest BCUT2D eigenvalue weighted by atomic mass is 16.6. The number of hydrogen-bond donors (Lipinski definition) is 2. The molecule has 1 fully saturated rings. The molecule has 0 saturated carbocycles. The van der Waals surface area contributed by atoms with E-state index in [1.54, 1.807) is 4.90 Å². The summed E-state index contributed by atoms with van der Waals surface area (Å²) in [5.74, 6) is 0.514. The number of nitrogens with zero attached hydrogens (tertiary/aromatic N) is 3. The van der Waals surface area contributed by atoms with Crippen LogP contribution in [0.2, 0.25) is 0 Å². The van der Waals surface area contributed by atoms with Gasteiger partial charge in [-0.15, -0.1) is 0 Å². The van der Waals surface area contributed by atoms with Crippen molar-refractivity contribution in [3.05, 3.63) is 82.7 Å². The third-order valence-corrected chi connectivity index (χ3v) is 6.36. The first kappa shape index (κ1) is 26.1. The van der Waals surface area contributed by atoms with Gasteiger partial charge in [-0.2, -0.15) is 0 Å². The molecule has 0 aliphatic carbocycles. The van der Waals surface area contributed by atoms with Crippen molar-refractivity contribution < 1.29 is 14.3 Å². The van der Waals surface area contributed by atoms with Crippen molar-refractivity contribution >= 4 is 23.6 Å². The number of ether oxygens (including phenoxy) is 1. The third kappa shape index (κ3) is 7.06. The average molecular weight is 502 g/mol. The van der Waals surface area contributed by atoms with Crippen LogP contribution in [-0.4, -0.2) is 45.6 Å². The molecule has 8 heteroatoms. The summed E-state index contributed by atoms with van der Waals surface area (Å²) in [4.78, 5) is 34.5. The van der Waals surface area contributed by atoms with Gasteiger partial charge in [0.2, 0.25) is 11.9 Å². The molecular weight excluding hydrogens is 466 g/mol. The molecule has 2 aromatic carbocycles. The summed E-state index contributed by atoms with van der Waals surface area (Å²) in [5, 5.41) is 3.29. The molecule has 0 radical (unpaired) electrons. The van der Waals surface area contributed by atoms with Crippen LogP contribution in [0.15, 0.2) is 54.7 Å². The average Bonchev–Trinajstić information content (AvgIpc) is 2.79. The van der Waals surface area contributed by atoms with Gasteiger partial charge in [0, 0.05) is 36.6 Å². The Morgan fingerprint density at radius 1 is 1.05 bits per heavy atom. The second kappa shape index (κ2) is 11.0. The molecule has 8 nitrogen and oxygen atoms in total. The van der Waals surface area contributed by atoms with Gasteiger partial charge in [0.15, 0.2) is 0 Å². The SMILES string of the molecule is Cc1cnc(Nc2ccc(C3CN(C(=O)OC(C)(C)C)C3)cc2)nc1CCc1ccccc1CC(N)=O. The summed E-state index contributed by atoms with van der Waals surface area (Å²) in [7, 11) is 0. The lowest BCUT2D eigenvalue weighted by Crippen LogP contribution is -2.50. The van der Waals surface area contributed by atoms with Crippen molar-refractivity contribution in [2.24, 2.45) is 5.73 Å². The standard InChI is InChI=1S/C29H35N5O3/c1-19-16-31-27(33-25(19)14-11-20-7-5-6-8-22(20)15-26(30)35)32-24-12-9-21(10-13-24)23-17-34(18-23)28(36)37-29(2,3)4/h5-10,12-13,16,23H,11,14-15,17-18H2,1-4H3,(H2,30,35)(H,31,32,33). The fraction of sp³-hybridized carbons (Fsp3) is 0.379. The Balaban J connectivity index is 1.34. The summed E-state index contributed by atoms with van der Waals surface area (Å²) >= 11 is 0. The smallest absolute Gasteiger partial charge is 0.410 e. The molecular formula is C29H35N5O3. The largest absolute Gasteiger partial charge is 0.444 e. The van der Waals surface area contributed by atoms with Crippen LogP contribution in [0.4, 0.5) is 16.4 Å². The lowest BCUT2D eigenvalue weighted by Gasteiger charge is -2.40. The second-order valence-corrected chi connectivity index (χ2v) is 10.6. The summed E-state index contributed by atoms with van der Waals surface area (Å²) in [6.45, 7) is 8.95. The molecule has 3 aromatic rings. The predicted octanol–water partition coefficient (Wildman–Crippen LogP) is 4.68. The van der Waals surface area contributed by atoms with Gasteiger partial charge in [0.1, 0.15) is 5.60 Å². The van der Waals surface area contributed by atoms with Crippen LogP contribution in [-0.2, 0) is 28.8 Å². The topological polar surface area (TPSA) is 110 Å². The van der Waals surface area contributed by atoms with Crippen LogP contribution in [0.3, 0.4) is 0 Å². The molecule has 4 rings (SSSR count). The van der Waals surface area contributed by atoms with Crippen LogP contribution in [0.5, 0.6) is 0 Å². The minimum atomic E-state index is -0.483. The Labute approximate surface area is 218 Å². The number of anilines is 2. The number of rotatable bonds is 8. The number of benzene rings is 2. The van der Waals surface area contributed by atoms with Gasteiger partial charge < -0.3 is 20.7 Å². The molecule has 1 saturated heterocycles. The van der Waals surface area contributed by atoms with Crippen molar-refractivity contribution in [3.8, 4) is 0 Å². The number of hydrogen-bond acceptors (Lipinski definition) is 6.